The van der Waals surface area contributed by atoms with Crippen molar-refractivity contribution in [2.75, 3.05) is 12.4 Å². The third-order valence-corrected chi connectivity index (χ3v) is 4.02. The van der Waals surface area contributed by atoms with E-state index in [1.165, 1.54) is 5.56 Å². The van der Waals surface area contributed by atoms with Crippen LogP contribution in [0.15, 0.2) is 22.7 Å². The van der Waals surface area contributed by atoms with Crippen LogP contribution in [0.25, 0.3) is 0 Å². The van der Waals surface area contributed by atoms with Crippen LogP contribution in [0.4, 0.5) is 0 Å². The Morgan fingerprint density at radius 2 is 2.18 bits per heavy atom. The predicted molar refractivity (Wildman–Crippen MR) is 80.0 cm³/mol. The highest BCUT2D eigenvalue weighted by Gasteiger charge is 2.07. The molecular weight excluding hydrogens is 346 g/mol. The summed E-state index contributed by atoms with van der Waals surface area (Å²) < 4.78 is 6.36. The summed E-state index contributed by atoms with van der Waals surface area (Å²) in [6.07, 6.45) is 2.30. The second kappa shape index (κ2) is 8.11. The maximum Gasteiger partial charge on any atom is 0.119 e. The Morgan fingerprint density at radius 1 is 1.41 bits per heavy atom. The number of hydrogen-bond acceptors (Lipinski definition) is 2. The van der Waals surface area contributed by atoms with Gasteiger partial charge in [-0.1, -0.05) is 38.8 Å². The van der Waals surface area contributed by atoms with Gasteiger partial charge in [0.15, 0.2) is 0 Å². The third-order valence-electron chi connectivity index (χ3n) is 2.78. The molecule has 0 heterocycles. The number of ether oxygens (including phenoxy) is 1. The molecule has 4 heteroatoms. The molecule has 96 valence electrons. The van der Waals surface area contributed by atoms with Gasteiger partial charge in [-0.05, 0) is 36.6 Å². The number of halogens is 2. The van der Waals surface area contributed by atoms with Crippen molar-refractivity contribution < 1.29 is 4.74 Å². The first-order valence-corrected chi connectivity index (χ1v) is 7.74. The van der Waals surface area contributed by atoms with Gasteiger partial charge < -0.3 is 10.1 Å². The highest BCUT2D eigenvalue weighted by molar-refractivity contribution is 9.10. The van der Waals surface area contributed by atoms with E-state index in [0.717, 1.165) is 34.9 Å². The van der Waals surface area contributed by atoms with Gasteiger partial charge in [-0.2, -0.15) is 0 Å². The zero-order valence-electron chi connectivity index (χ0n) is 10.3. The summed E-state index contributed by atoms with van der Waals surface area (Å²) in [4.78, 5) is 0. The minimum Gasteiger partial charge on any atom is -0.497 e. The number of methoxy groups -OCH3 is 1. The molecule has 0 spiro atoms. The van der Waals surface area contributed by atoms with Gasteiger partial charge >= 0.3 is 0 Å². The third kappa shape index (κ3) is 4.98. The van der Waals surface area contributed by atoms with Gasteiger partial charge in [0, 0.05) is 22.4 Å². The smallest absolute Gasteiger partial charge is 0.119 e. The highest BCUT2D eigenvalue weighted by Crippen LogP contribution is 2.22. The molecule has 0 radical (unpaired) electrons. The van der Waals surface area contributed by atoms with Crippen molar-refractivity contribution >= 4 is 31.9 Å². The van der Waals surface area contributed by atoms with Gasteiger partial charge in [-0.3, -0.25) is 0 Å². The average Bonchev–Trinajstić information content (AvgIpc) is 2.36. The van der Waals surface area contributed by atoms with E-state index in [0.29, 0.717) is 6.04 Å². The minimum absolute atomic E-state index is 0.562. The topological polar surface area (TPSA) is 21.3 Å². The normalized spacial score (nSPS) is 12.5. The summed E-state index contributed by atoms with van der Waals surface area (Å²) in [5.74, 6) is 0.901. The Morgan fingerprint density at radius 3 is 2.76 bits per heavy atom. The van der Waals surface area contributed by atoms with Gasteiger partial charge in [0.2, 0.25) is 0 Å². The Bertz CT molecular complexity index is 344. The van der Waals surface area contributed by atoms with Crippen LogP contribution in [0.3, 0.4) is 0 Å². The van der Waals surface area contributed by atoms with Gasteiger partial charge in [-0.15, -0.1) is 0 Å². The summed E-state index contributed by atoms with van der Waals surface area (Å²) in [6.45, 7) is 3.07. The van der Waals surface area contributed by atoms with E-state index < -0.39 is 0 Å². The number of rotatable bonds is 7. The van der Waals surface area contributed by atoms with Crippen LogP contribution in [0.5, 0.6) is 5.75 Å². The van der Waals surface area contributed by atoms with Crippen LogP contribution in [-0.4, -0.2) is 18.5 Å². The summed E-state index contributed by atoms with van der Waals surface area (Å²) in [5, 5.41) is 4.60. The van der Waals surface area contributed by atoms with Crippen molar-refractivity contribution in [3.05, 3.63) is 28.2 Å². The standard InChI is InChI=1S/C13H19Br2NO/c1-3-11(6-7-14)16-9-10-8-12(17-2)4-5-13(10)15/h4-5,8,11,16H,3,6-7,9H2,1-2H3. The fraction of sp³-hybridized carbons (Fsp3) is 0.538. The molecule has 0 saturated carbocycles. The number of benzene rings is 1. The number of alkyl halides is 1. The largest absolute Gasteiger partial charge is 0.497 e. The Hall–Kier alpha value is -0.0600. The molecule has 0 aliphatic rings. The van der Waals surface area contributed by atoms with Crippen molar-refractivity contribution in [1.82, 2.24) is 5.32 Å². The number of hydrogen-bond donors (Lipinski definition) is 1. The van der Waals surface area contributed by atoms with Gasteiger partial charge in [0.25, 0.3) is 0 Å². The Labute approximate surface area is 120 Å². The minimum atomic E-state index is 0.562. The zero-order chi connectivity index (χ0) is 12.7. The van der Waals surface area contributed by atoms with E-state index in [9.17, 15) is 0 Å². The molecule has 1 rings (SSSR count). The summed E-state index contributed by atoms with van der Waals surface area (Å²) in [5.41, 5.74) is 1.23. The predicted octanol–water partition coefficient (Wildman–Crippen LogP) is 4.11. The first-order valence-electron chi connectivity index (χ1n) is 5.83. The second-order valence-electron chi connectivity index (χ2n) is 3.92. The van der Waals surface area contributed by atoms with E-state index in [-0.39, 0.29) is 0 Å². The molecule has 0 bridgehead atoms. The quantitative estimate of drug-likeness (QED) is 0.735. The lowest BCUT2D eigenvalue weighted by Crippen LogP contribution is -2.28. The average molecular weight is 365 g/mol. The van der Waals surface area contributed by atoms with E-state index in [1.54, 1.807) is 7.11 Å². The highest BCUT2D eigenvalue weighted by atomic mass is 79.9. The van der Waals surface area contributed by atoms with Gasteiger partial charge in [0.1, 0.15) is 5.75 Å². The molecule has 17 heavy (non-hydrogen) atoms. The van der Waals surface area contributed by atoms with Gasteiger partial charge in [0.05, 0.1) is 7.11 Å². The molecule has 1 aromatic rings. The molecule has 0 saturated heterocycles. The lowest BCUT2D eigenvalue weighted by atomic mass is 10.1. The maximum absolute atomic E-state index is 5.23. The molecule has 0 fully saturated rings. The molecule has 0 amide bonds. The summed E-state index contributed by atoms with van der Waals surface area (Å²) in [7, 11) is 1.69. The Kier molecular flexibility index (Phi) is 7.16. The monoisotopic (exact) mass is 363 g/mol. The molecule has 2 nitrogen and oxygen atoms in total. The molecule has 1 unspecified atom stereocenters. The van der Waals surface area contributed by atoms with Crippen molar-refractivity contribution in [2.24, 2.45) is 0 Å². The van der Waals surface area contributed by atoms with E-state index in [4.69, 9.17) is 4.74 Å². The van der Waals surface area contributed by atoms with E-state index >= 15 is 0 Å². The van der Waals surface area contributed by atoms with E-state index in [2.05, 4.69) is 50.2 Å². The first-order chi connectivity index (χ1) is 8.21. The van der Waals surface area contributed by atoms with Gasteiger partial charge in [-0.25, -0.2) is 0 Å². The molecule has 1 N–H and O–H groups in total. The van der Waals surface area contributed by atoms with Crippen LogP contribution in [0.1, 0.15) is 25.3 Å². The van der Waals surface area contributed by atoms with Crippen LogP contribution in [0.2, 0.25) is 0 Å². The van der Waals surface area contributed by atoms with Crippen LogP contribution in [-0.2, 0) is 6.54 Å². The zero-order valence-corrected chi connectivity index (χ0v) is 13.5. The lowest BCUT2D eigenvalue weighted by molar-refractivity contribution is 0.413. The first kappa shape index (κ1) is 15.0. The van der Waals surface area contributed by atoms with Crippen molar-refractivity contribution in [3.63, 3.8) is 0 Å². The second-order valence-corrected chi connectivity index (χ2v) is 5.57. The SMILES string of the molecule is CCC(CCBr)NCc1cc(OC)ccc1Br. The fourth-order valence-electron chi connectivity index (χ4n) is 1.65. The fourth-order valence-corrected chi connectivity index (χ4v) is 2.59. The summed E-state index contributed by atoms with van der Waals surface area (Å²) in [6, 6.07) is 6.62. The van der Waals surface area contributed by atoms with Crippen LogP contribution in [0, 0.1) is 0 Å². The van der Waals surface area contributed by atoms with Crippen LogP contribution < -0.4 is 10.1 Å². The molecule has 0 aromatic heterocycles. The number of nitrogens with one attached hydrogen (secondary N) is 1. The van der Waals surface area contributed by atoms with Crippen molar-refractivity contribution in [2.45, 2.75) is 32.4 Å². The lowest BCUT2D eigenvalue weighted by Gasteiger charge is -2.16. The molecular formula is C13H19Br2NO. The van der Waals surface area contributed by atoms with E-state index in [1.807, 2.05) is 12.1 Å². The molecule has 1 atom stereocenters. The maximum atomic E-state index is 5.23. The van der Waals surface area contributed by atoms with Crippen molar-refractivity contribution in [3.8, 4) is 5.75 Å². The molecule has 0 aliphatic heterocycles. The molecule has 1 aromatic carbocycles. The molecule has 0 aliphatic carbocycles. The van der Waals surface area contributed by atoms with Crippen LogP contribution >= 0.6 is 31.9 Å². The summed E-state index contributed by atoms with van der Waals surface area (Å²) >= 11 is 7.05. The Balaban J connectivity index is 2.60. The van der Waals surface area contributed by atoms with Crippen molar-refractivity contribution in [1.29, 1.82) is 0 Å².